The summed E-state index contributed by atoms with van der Waals surface area (Å²) in [5, 5.41) is 0. The lowest BCUT2D eigenvalue weighted by molar-refractivity contribution is -0.134. The predicted molar refractivity (Wildman–Crippen MR) is 135 cm³/mol. The molecule has 0 atom stereocenters. The van der Waals surface area contributed by atoms with Crippen LogP contribution < -0.4 is 0 Å². The highest BCUT2D eigenvalue weighted by Gasteiger charge is 2.29. The van der Waals surface area contributed by atoms with Gasteiger partial charge >= 0.3 is 0 Å². The Bertz CT molecular complexity index is 1120. The topological polar surface area (TPSA) is 25.2 Å². The zero-order valence-corrected chi connectivity index (χ0v) is 19.7. The number of carbonyl (C=O) groups is 1. The molecule has 0 aliphatic heterocycles. The second kappa shape index (κ2) is 10.4. The van der Waals surface area contributed by atoms with Crippen LogP contribution in [0.4, 0.5) is 0 Å². The highest BCUT2D eigenvalue weighted by atomic mass is 16.2. The zero-order chi connectivity index (χ0) is 23.2. The summed E-state index contributed by atoms with van der Waals surface area (Å²) in [5.41, 5.74) is 5.70. The average molecular weight is 437 g/mol. The number of nitrogens with zero attached hydrogens (tertiary/aromatic N) is 2. The Morgan fingerprint density at radius 3 is 1.91 bits per heavy atom. The van der Waals surface area contributed by atoms with Gasteiger partial charge in [-0.25, -0.2) is 0 Å². The van der Waals surface area contributed by atoms with E-state index in [1.807, 2.05) is 65.6 Å². The molecule has 1 aromatic heterocycles. The van der Waals surface area contributed by atoms with Crippen LogP contribution in [0.5, 0.6) is 0 Å². The molecule has 0 saturated heterocycles. The smallest absolute Gasteiger partial charge is 0.235 e. The Kier molecular flexibility index (Phi) is 7.09. The van der Waals surface area contributed by atoms with E-state index >= 15 is 0 Å². The van der Waals surface area contributed by atoms with Gasteiger partial charge in [-0.05, 0) is 49.6 Å². The number of rotatable bonds is 8. The predicted octanol–water partition coefficient (Wildman–Crippen LogP) is 6.41. The molecule has 1 heterocycles. The number of aryl methyl sites for hydroxylation is 1. The first kappa shape index (κ1) is 22.6. The maximum atomic E-state index is 14.0. The SMILES string of the molecule is Cc1ccc(Cn2cccc2CN(C(=O)C(c2ccccc2)c2ccccc2)C(C)C)cc1. The van der Waals surface area contributed by atoms with Gasteiger partial charge in [-0.1, -0.05) is 90.5 Å². The molecular weight excluding hydrogens is 404 g/mol. The molecule has 1 amide bonds. The summed E-state index contributed by atoms with van der Waals surface area (Å²) < 4.78 is 2.24. The molecule has 168 valence electrons. The van der Waals surface area contributed by atoms with Crippen molar-refractivity contribution in [1.29, 1.82) is 0 Å². The van der Waals surface area contributed by atoms with Crippen LogP contribution >= 0.6 is 0 Å². The molecule has 4 aromatic rings. The van der Waals surface area contributed by atoms with Crippen molar-refractivity contribution in [2.24, 2.45) is 0 Å². The van der Waals surface area contributed by atoms with Gasteiger partial charge in [0.15, 0.2) is 0 Å². The summed E-state index contributed by atoms with van der Waals surface area (Å²) in [6.45, 7) is 7.67. The van der Waals surface area contributed by atoms with Gasteiger partial charge in [0.1, 0.15) is 0 Å². The molecule has 0 aliphatic carbocycles. The molecule has 0 fully saturated rings. The quantitative estimate of drug-likeness (QED) is 0.313. The zero-order valence-electron chi connectivity index (χ0n) is 19.7. The number of benzene rings is 3. The molecule has 33 heavy (non-hydrogen) atoms. The molecule has 0 unspecified atom stereocenters. The molecule has 0 bridgehead atoms. The summed E-state index contributed by atoms with van der Waals surface area (Å²) in [6, 6.07) is 33.1. The Morgan fingerprint density at radius 1 is 0.788 bits per heavy atom. The highest BCUT2D eigenvalue weighted by molar-refractivity contribution is 5.87. The molecule has 0 aliphatic rings. The average Bonchev–Trinajstić information content (AvgIpc) is 3.27. The van der Waals surface area contributed by atoms with E-state index in [0.29, 0.717) is 6.54 Å². The second-order valence-corrected chi connectivity index (χ2v) is 8.93. The standard InChI is InChI=1S/C30H32N2O/c1-23(2)32(22-28-15-10-20-31(28)21-25-18-16-24(3)17-19-25)30(33)29(26-11-6-4-7-12-26)27-13-8-5-9-14-27/h4-20,23,29H,21-22H2,1-3H3. The minimum atomic E-state index is -0.324. The Hall–Kier alpha value is -3.59. The first-order valence-corrected chi connectivity index (χ1v) is 11.6. The van der Waals surface area contributed by atoms with Crippen molar-refractivity contribution in [3.8, 4) is 0 Å². The highest BCUT2D eigenvalue weighted by Crippen LogP contribution is 2.28. The molecular formula is C30H32N2O. The summed E-state index contributed by atoms with van der Waals surface area (Å²) in [5.74, 6) is -0.194. The Morgan fingerprint density at radius 2 is 1.36 bits per heavy atom. The first-order chi connectivity index (χ1) is 16.0. The third-order valence-corrected chi connectivity index (χ3v) is 6.15. The number of carbonyl (C=O) groups excluding carboxylic acids is 1. The molecule has 3 aromatic carbocycles. The summed E-state index contributed by atoms with van der Waals surface area (Å²) >= 11 is 0. The second-order valence-electron chi connectivity index (χ2n) is 8.93. The Labute approximate surface area is 197 Å². The fourth-order valence-electron chi connectivity index (χ4n) is 4.26. The van der Waals surface area contributed by atoms with Crippen LogP contribution in [-0.4, -0.2) is 21.4 Å². The van der Waals surface area contributed by atoms with Crippen molar-refractivity contribution in [3.63, 3.8) is 0 Å². The third-order valence-electron chi connectivity index (χ3n) is 6.15. The first-order valence-electron chi connectivity index (χ1n) is 11.6. The fourth-order valence-corrected chi connectivity index (χ4v) is 4.26. The summed E-state index contributed by atoms with van der Waals surface area (Å²) in [7, 11) is 0. The minimum absolute atomic E-state index is 0.0788. The van der Waals surface area contributed by atoms with Crippen LogP contribution in [0.3, 0.4) is 0 Å². The van der Waals surface area contributed by atoms with Gasteiger partial charge in [-0.3, -0.25) is 4.79 Å². The maximum Gasteiger partial charge on any atom is 0.235 e. The molecule has 4 rings (SSSR count). The number of amides is 1. The van der Waals surface area contributed by atoms with E-state index in [4.69, 9.17) is 0 Å². The molecule has 0 radical (unpaired) electrons. The lowest BCUT2D eigenvalue weighted by Crippen LogP contribution is -2.40. The van der Waals surface area contributed by atoms with Crippen LogP contribution in [0.15, 0.2) is 103 Å². The minimum Gasteiger partial charge on any atom is -0.345 e. The lowest BCUT2D eigenvalue weighted by Gasteiger charge is -2.31. The largest absolute Gasteiger partial charge is 0.345 e. The molecule has 3 nitrogen and oxygen atoms in total. The van der Waals surface area contributed by atoms with Gasteiger partial charge in [0.05, 0.1) is 12.5 Å². The van der Waals surface area contributed by atoms with E-state index in [2.05, 4.69) is 67.9 Å². The van der Waals surface area contributed by atoms with Crippen LogP contribution in [0.2, 0.25) is 0 Å². The van der Waals surface area contributed by atoms with E-state index < -0.39 is 0 Å². The maximum absolute atomic E-state index is 14.0. The van der Waals surface area contributed by atoms with E-state index in [0.717, 1.165) is 23.4 Å². The van der Waals surface area contributed by atoms with E-state index in [1.54, 1.807) is 0 Å². The van der Waals surface area contributed by atoms with Crippen LogP contribution in [0, 0.1) is 6.92 Å². The van der Waals surface area contributed by atoms with Crippen LogP contribution in [0.1, 0.15) is 47.7 Å². The lowest BCUT2D eigenvalue weighted by atomic mass is 9.89. The molecule has 3 heteroatoms. The number of aromatic nitrogens is 1. The monoisotopic (exact) mass is 436 g/mol. The van der Waals surface area contributed by atoms with Crippen molar-refractivity contribution in [3.05, 3.63) is 131 Å². The van der Waals surface area contributed by atoms with Crippen LogP contribution in [0.25, 0.3) is 0 Å². The number of hydrogen-bond acceptors (Lipinski definition) is 1. The normalized spacial score (nSPS) is 11.2. The van der Waals surface area contributed by atoms with Crippen LogP contribution in [-0.2, 0) is 17.9 Å². The fraction of sp³-hybridized carbons (Fsp3) is 0.233. The molecule has 0 saturated carbocycles. The van der Waals surface area contributed by atoms with Crippen molar-refractivity contribution in [2.45, 2.75) is 45.8 Å². The molecule has 0 N–H and O–H groups in total. The van der Waals surface area contributed by atoms with Gasteiger partial charge in [-0.2, -0.15) is 0 Å². The summed E-state index contributed by atoms with van der Waals surface area (Å²) in [6.07, 6.45) is 2.10. The van der Waals surface area contributed by atoms with Gasteiger partial charge in [0.2, 0.25) is 5.91 Å². The number of hydrogen-bond donors (Lipinski definition) is 0. The van der Waals surface area contributed by atoms with Gasteiger partial charge in [0.25, 0.3) is 0 Å². The van der Waals surface area contributed by atoms with Gasteiger partial charge < -0.3 is 9.47 Å². The van der Waals surface area contributed by atoms with Crippen molar-refractivity contribution in [2.75, 3.05) is 0 Å². The summed E-state index contributed by atoms with van der Waals surface area (Å²) in [4.78, 5) is 16.0. The van der Waals surface area contributed by atoms with E-state index in [1.165, 1.54) is 11.1 Å². The van der Waals surface area contributed by atoms with Crippen molar-refractivity contribution >= 4 is 5.91 Å². The van der Waals surface area contributed by atoms with E-state index in [9.17, 15) is 4.79 Å². The van der Waals surface area contributed by atoms with Gasteiger partial charge in [-0.15, -0.1) is 0 Å². The van der Waals surface area contributed by atoms with E-state index in [-0.39, 0.29) is 17.9 Å². The third kappa shape index (κ3) is 5.43. The molecule has 0 spiro atoms. The Balaban J connectivity index is 1.62. The van der Waals surface area contributed by atoms with Crippen molar-refractivity contribution < 1.29 is 4.79 Å². The van der Waals surface area contributed by atoms with Gasteiger partial charge in [0, 0.05) is 24.5 Å². The van der Waals surface area contributed by atoms with Crippen molar-refractivity contribution in [1.82, 2.24) is 9.47 Å².